The van der Waals surface area contributed by atoms with Crippen LogP contribution in [0.25, 0.3) is 0 Å². The zero-order valence-electron chi connectivity index (χ0n) is 8.33. The molecule has 2 aromatic heterocycles. The molecule has 78 valence electrons. The van der Waals surface area contributed by atoms with Crippen LogP contribution >= 0.6 is 38.6 Å². The van der Waals surface area contributed by atoms with Gasteiger partial charge in [-0.1, -0.05) is 0 Å². The fraction of sp³-hybridized carbons (Fsp3) is 0.182. The molecule has 2 rings (SSSR count). The molecule has 0 aliphatic rings. The second kappa shape index (κ2) is 4.20. The molecule has 0 aliphatic carbocycles. The molecule has 0 amide bonds. The first-order valence-corrected chi connectivity index (χ1v) is 6.98. The Labute approximate surface area is 105 Å². The number of carbonyl (C=O) groups excluding carboxylic acids is 1. The summed E-state index contributed by atoms with van der Waals surface area (Å²) >= 11 is 6.51. The molecule has 0 atom stereocenters. The summed E-state index contributed by atoms with van der Waals surface area (Å²) in [5, 5.41) is 3.92. The number of hydrogen-bond acceptors (Lipinski definition) is 3. The molecule has 0 radical (unpaired) electrons. The first-order chi connectivity index (χ1) is 7.09. The summed E-state index contributed by atoms with van der Waals surface area (Å²) in [5.74, 6) is 0.132. The van der Waals surface area contributed by atoms with Crippen LogP contribution in [-0.2, 0) is 0 Å². The largest absolute Gasteiger partial charge is 0.288 e. The third kappa shape index (κ3) is 2.07. The fourth-order valence-corrected chi connectivity index (χ4v) is 3.61. The molecule has 4 heteroatoms. The molecule has 15 heavy (non-hydrogen) atoms. The van der Waals surface area contributed by atoms with Gasteiger partial charge in [-0.25, -0.2) is 0 Å². The zero-order valence-corrected chi connectivity index (χ0v) is 11.6. The Morgan fingerprint density at radius 2 is 2.00 bits per heavy atom. The van der Waals surface area contributed by atoms with E-state index < -0.39 is 0 Å². The predicted molar refractivity (Wildman–Crippen MR) is 69.2 cm³/mol. The highest BCUT2D eigenvalue weighted by Gasteiger charge is 2.15. The van der Waals surface area contributed by atoms with Crippen molar-refractivity contribution >= 4 is 44.4 Å². The van der Waals surface area contributed by atoms with Crippen molar-refractivity contribution in [2.75, 3.05) is 0 Å². The lowest BCUT2D eigenvalue weighted by molar-refractivity contribution is 0.104. The third-order valence-corrected chi connectivity index (χ3v) is 5.18. The summed E-state index contributed by atoms with van der Waals surface area (Å²) < 4.78 is 1.04. The van der Waals surface area contributed by atoms with E-state index in [-0.39, 0.29) is 5.78 Å². The van der Waals surface area contributed by atoms with Gasteiger partial charge in [-0.05, 0) is 52.4 Å². The van der Waals surface area contributed by atoms with Crippen LogP contribution in [0.1, 0.15) is 26.4 Å². The van der Waals surface area contributed by atoms with Crippen molar-refractivity contribution in [2.24, 2.45) is 0 Å². The highest BCUT2D eigenvalue weighted by molar-refractivity contribution is 9.11. The Bertz CT molecular complexity index is 491. The van der Waals surface area contributed by atoms with E-state index in [1.165, 1.54) is 11.3 Å². The van der Waals surface area contributed by atoms with Gasteiger partial charge in [0.15, 0.2) is 0 Å². The quantitative estimate of drug-likeness (QED) is 0.750. The van der Waals surface area contributed by atoms with Crippen LogP contribution in [-0.4, -0.2) is 5.78 Å². The molecular weight excluding hydrogens is 292 g/mol. The highest BCUT2D eigenvalue weighted by Crippen LogP contribution is 2.30. The number of rotatable bonds is 2. The van der Waals surface area contributed by atoms with Crippen molar-refractivity contribution in [2.45, 2.75) is 13.8 Å². The van der Waals surface area contributed by atoms with E-state index in [4.69, 9.17) is 0 Å². The lowest BCUT2D eigenvalue weighted by Crippen LogP contribution is -1.98. The molecule has 0 saturated carbocycles. The fourth-order valence-electron chi connectivity index (χ4n) is 1.30. The van der Waals surface area contributed by atoms with E-state index in [0.29, 0.717) is 0 Å². The minimum Gasteiger partial charge on any atom is -0.288 e. The van der Waals surface area contributed by atoms with Gasteiger partial charge < -0.3 is 0 Å². The van der Waals surface area contributed by atoms with Crippen LogP contribution < -0.4 is 0 Å². The number of aryl methyl sites for hydroxylation is 2. The minimum absolute atomic E-state index is 0.132. The van der Waals surface area contributed by atoms with E-state index in [2.05, 4.69) is 15.9 Å². The molecule has 2 aromatic rings. The maximum Gasteiger partial charge on any atom is 0.204 e. The predicted octanol–water partition coefficient (Wildman–Crippen LogP) is 4.42. The van der Waals surface area contributed by atoms with Crippen LogP contribution in [0.3, 0.4) is 0 Å². The summed E-state index contributed by atoms with van der Waals surface area (Å²) in [5.41, 5.74) is 3.01. The van der Waals surface area contributed by atoms with Crippen LogP contribution in [0.2, 0.25) is 0 Å². The number of ketones is 1. The SMILES string of the molecule is Cc1cscc1C(=O)c1cc(C)c(Br)s1. The monoisotopic (exact) mass is 300 g/mol. The minimum atomic E-state index is 0.132. The van der Waals surface area contributed by atoms with E-state index in [0.717, 1.165) is 25.4 Å². The average molecular weight is 301 g/mol. The first-order valence-electron chi connectivity index (χ1n) is 4.43. The van der Waals surface area contributed by atoms with Crippen molar-refractivity contribution in [1.82, 2.24) is 0 Å². The van der Waals surface area contributed by atoms with E-state index in [1.807, 2.05) is 30.7 Å². The van der Waals surface area contributed by atoms with Crippen LogP contribution in [0, 0.1) is 13.8 Å². The smallest absolute Gasteiger partial charge is 0.204 e. The van der Waals surface area contributed by atoms with Crippen LogP contribution in [0.4, 0.5) is 0 Å². The van der Waals surface area contributed by atoms with E-state index in [1.54, 1.807) is 11.3 Å². The molecular formula is C11H9BrOS2. The third-order valence-electron chi connectivity index (χ3n) is 2.18. The van der Waals surface area contributed by atoms with Crippen LogP contribution in [0.5, 0.6) is 0 Å². The van der Waals surface area contributed by atoms with Gasteiger partial charge in [0.05, 0.1) is 8.66 Å². The molecule has 0 bridgehead atoms. The van der Waals surface area contributed by atoms with Gasteiger partial charge in [-0.2, -0.15) is 11.3 Å². The molecule has 1 nitrogen and oxygen atoms in total. The summed E-state index contributed by atoms with van der Waals surface area (Å²) in [6.07, 6.45) is 0. The Hall–Kier alpha value is -0.450. The molecule has 0 aromatic carbocycles. The van der Waals surface area contributed by atoms with Crippen LogP contribution in [0.15, 0.2) is 20.6 Å². The molecule has 0 aliphatic heterocycles. The van der Waals surface area contributed by atoms with E-state index in [9.17, 15) is 4.79 Å². The first kappa shape index (κ1) is 11.0. The zero-order chi connectivity index (χ0) is 11.0. The number of hydrogen-bond donors (Lipinski definition) is 0. The Kier molecular flexibility index (Phi) is 3.09. The van der Waals surface area contributed by atoms with Gasteiger partial charge in [-0.3, -0.25) is 4.79 Å². The molecule has 0 fully saturated rings. The van der Waals surface area contributed by atoms with E-state index >= 15 is 0 Å². The highest BCUT2D eigenvalue weighted by atomic mass is 79.9. The number of halogens is 1. The molecule has 0 unspecified atom stereocenters. The molecule has 2 heterocycles. The lowest BCUT2D eigenvalue weighted by atomic mass is 10.1. The Morgan fingerprint density at radius 1 is 1.27 bits per heavy atom. The lowest BCUT2D eigenvalue weighted by Gasteiger charge is -1.95. The maximum atomic E-state index is 12.1. The average Bonchev–Trinajstić information content (AvgIpc) is 2.74. The molecule has 0 N–H and O–H groups in total. The number of carbonyl (C=O) groups is 1. The van der Waals surface area contributed by atoms with Gasteiger partial charge in [0.1, 0.15) is 0 Å². The molecule has 0 spiro atoms. The van der Waals surface area contributed by atoms with Crippen molar-refractivity contribution in [1.29, 1.82) is 0 Å². The summed E-state index contributed by atoms with van der Waals surface area (Å²) in [6, 6.07) is 1.94. The van der Waals surface area contributed by atoms with Gasteiger partial charge in [-0.15, -0.1) is 11.3 Å². The second-order valence-electron chi connectivity index (χ2n) is 3.36. The van der Waals surface area contributed by atoms with Crippen molar-refractivity contribution in [3.8, 4) is 0 Å². The Balaban J connectivity index is 2.41. The van der Waals surface area contributed by atoms with Crippen molar-refractivity contribution < 1.29 is 4.79 Å². The second-order valence-corrected chi connectivity index (χ2v) is 6.48. The van der Waals surface area contributed by atoms with Gasteiger partial charge >= 0.3 is 0 Å². The maximum absolute atomic E-state index is 12.1. The summed E-state index contributed by atoms with van der Waals surface area (Å²) in [7, 11) is 0. The molecule has 0 saturated heterocycles. The van der Waals surface area contributed by atoms with Crippen molar-refractivity contribution in [3.05, 3.63) is 42.2 Å². The summed E-state index contributed by atoms with van der Waals surface area (Å²) in [6.45, 7) is 3.97. The normalized spacial score (nSPS) is 10.6. The van der Waals surface area contributed by atoms with Gasteiger partial charge in [0.2, 0.25) is 5.78 Å². The number of thiophene rings is 2. The Morgan fingerprint density at radius 3 is 2.47 bits per heavy atom. The van der Waals surface area contributed by atoms with Crippen molar-refractivity contribution in [3.63, 3.8) is 0 Å². The van der Waals surface area contributed by atoms with Gasteiger partial charge in [0.25, 0.3) is 0 Å². The summed E-state index contributed by atoms with van der Waals surface area (Å²) in [4.78, 5) is 12.9. The van der Waals surface area contributed by atoms with Gasteiger partial charge in [0, 0.05) is 10.9 Å². The standard InChI is InChI=1S/C11H9BrOS2/c1-6-3-9(15-11(6)12)10(13)8-5-14-4-7(8)2/h3-5H,1-2H3. The topological polar surface area (TPSA) is 17.1 Å².